The summed E-state index contributed by atoms with van der Waals surface area (Å²) >= 11 is 5.20. The number of carbonyl (C=O) groups excluding carboxylic acids is 2. The first-order chi connectivity index (χ1) is 13.5. The molecule has 0 unspecified atom stereocenters. The lowest BCUT2D eigenvalue weighted by Crippen LogP contribution is -2.40. The van der Waals surface area contributed by atoms with Gasteiger partial charge in [-0.1, -0.05) is 0 Å². The Kier molecular flexibility index (Phi) is 7.34. The fourth-order valence-corrected chi connectivity index (χ4v) is 2.62. The summed E-state index contributed by atoms with van der Waals surface area (Å²) in [5, 5.41) is 8.65. The Morgan fingerprint density at radius 1 is 0.897 bits per heavy atom. The highest BCUT2D eigenvalue weighted by molar-refractivity contribution is 7.80. The van der Waals surface area contributed by atoms with Crippen molar-refractivity contribution < 1.29 is 14.3 Å². The van der Waals surface area contributed by atoms with Crippen molar-refractivity contribution in [1.29, 1.82) is 0 Å². The summed E-state index contributed by atoms with van der Waals surface area (Å²) in [5.74, 6) is 0.234. The average Bonchev–Trinajstić information content (AvgIpc) is 2.60. The van der Waals surface area contributed by atoms with Gasteiger partial charge < -0.3 is 15.4 Å². The fourth-order valence-electron chi connectivity index (χ4n) is 2.41. The van der Waals surface area contributed by atoms with E-state index in [1.54, 1.807) is 48.5 Å². The molecule has 0 radical (unpaired) electrons. The van der Waals surface area contributed by atoms with E-state index in [0.29, 0.717) is 22.6 Å². The largest absolute Gasteiger partial charge is 0.491 e. The molecular weight excluding hydrogens is 386 g/mol. The second-order valence-electron chi connectivity index (χ2n) is 7.88. The molecule has 0 saturated carbocycles. The number of rotatable bonds is 5. The molecule has 0 aliphatic heterocycles. The molecule has 2 aromatic carbocycles. The van der Waals surface area contributed by atoms with Gasteiger partial charge in [0.15, 0.2) is 5.11 Å². The Morgan fingerprint density at radius 3 is 1.93 bits per heavy atom. The fraction of sp³-hybridized carbons (Fsp3) is 0.318. The third-order valence-electron chi connectivity index (χ3n) is 3.61. The maximum atomic E-state index is 12.3. The number of ether oxygens (including phenoxy) is 1. The van der Waals surface area contributed by atoms with Crippen LogP contribution in [0.2, 0.25) is 0 Å². The summed E-state index contributed by atoms with van der Waals surface area (Å²) in [4.78, 5) is 24.5. The lowest BCUT2D eigenvalue weighted by molar-refractivity contribution is 0.0918. The zero-order valence-corrected chi connectivity index (χ0v) is 18.1. The molecule has 2 aromatic rings. The number of anilines is 1. The number of thiocarbonyl (C=S) groups is 1. The molecule has 2 amide bonds. The maximum Gasteiger partial charge on any atom is 0.257 e. The quantitative estimate of drug-likeness (QED) is 0.643. The summed E-state index contributed by atoms with van der Waals surface area (Å²) in [5.41, 5.74) is 1.38. The van der Waals surface area contributed by atoms with Gasteiger partial charge in [0.05, 0.1) is 6.10 Å². The lowest BCUT2D eigenvalue weighted by atomic mass is 10.1. The standard InChI is InChI=1S/C22H27N3O3S/c1-14(2)28-18-12-8-15(9-13-18)19(26)24-21(29)23-17-10-6-16(7-11-17)20(27)25-22(3,4)5/h6-14H,1-5H3,(H,25,27)(H2,23,24,26,29). The molecule has 3 N–H and O–H groups in total. The Balaban J connectivity index is 1.91. The summed E-state index contributed by atoms with van der Waals surface area (Å²) in [6.45, 7) is 9.65. The monoisotopic (exact) mass is 413 g/mol. The van der Waals surface area contributed by atoms with E-state index in [0.717, 1.165) is 0 Å². The van der Waals surface area contributed by atoms with Crippen LogP contribution in [0.5, 0.6) is 5.75 Å². The third kappa shape index (κ3) is 7.54. The number of carbonyl (C=O) groups is 2. The molecule has 2 rings (SSSR count). The first-order valence-electron chi connectivity index (χ1n) is 9.35. The van der Waals surface area contributed by atoms with E-state index < -0.39 is 0 Å². The Morgan fingerprint density at radius 2 is 1.41 bits per heavy atom. The minimum absolute atomic E-state index is 0.0670. The van der Waals surface area contributed by atoms with Gasteiger partial charge in [0.2, 0.25) is 0 Å². The van der Waals surface area contributed by atoms with Crippen LogP contribution in [0, 0.1) is 0 Å². The molecule has 0 saturated heterocycles. The molecule has 0 bridgehead atoms. The average molecular weight is 414 g/mol. The Hall–Kier alpha value is -2.93. The Labute approximate surface area is 177 Å². The molecule has 0 aromatic heterocycles. The van der Waals surface area contributed by atoms with Crippen LogP contribution in [-0.2, 0) is 0 Å². The van der Waals surface area contributed by atoms with Crippen molar-refractivity contribution in [3.05, 3.63) is 59.7 Å². The van der Waals surface area contributed by atoms with Crippen molar-refractivity contribution in [2.75, 3.05) is 5.32 Å². The predicted molar refractivity (Wildman–Crippen MR) is 120 cm³/mol. The van der Waals surface area contributed by atoms with Crippen LogP contribution in [0.4, 0.5) is 5.69 Å². The SMILES string of the molecule is CC(C)Oc1ccc(C(=O)NC(=S)Nc2ccc(C(=O)NC(C)(C)C)cc2)cc1. The van der Waals surface area contributed by atoms with Crippen molar-refractivity contribution in [1.82, 2.24) is 10.6 Å². The zero-order chi connectivity index (χ0) is 21.6. The highest BCUT2D eigenvalue weighted by Gasteiger charge is 2.15. The van der Waals surface area contributed by atoms with E-state index in [9.17, 15) is 9.59 Å². The van der Waals surface area contributed by atoms with Crippen molar-refractivity contribution in [2.24, 2.45) is 0 Å². The van der Waals surface area contributed by atoms with Gasteiger partial charge in [-0.3, -0.25) is 14.9 Å². The second-order valence-corrected chi connectivity index (χ2v) is 8.29. The molecule has 0 aliphatic carbocycles. The van der Waals surface area contributed by atoms with E-state index >= 15 is 0 Å². The summed E-state index contributed by atoms with van der Waals surface area (Å²) in [6, 6.07) is 13.7. The molecule has 0 heterocycles. The molecule has 29 heavy (non-hydrogen) atoms. The predicted octanol–water partition coefficient (Wildman–Crippen LogP) is 4.13. The van der Waals surface area contributed by atoms with Crippen LogP contribution in [0.25, 0.3) is 0 Å². The third-order valence-corrected chi connectivity index (χ3v) is 3.81. The molecule has 0 atom stereocenters. The number of hydrogen-bond donors (Lipinski definition) is 3. The minimum atomic E-state index is -0.320. The molecule has 0 spiro atoms. The van der Waals surface area contributed by atoms with Gasteiger partial charge in [0, 0.05) is 22.4 Å². The van der Waals surface area contributed by atoms with E-state index in [-0.39, 0.29) is 28.6 Å². The number of amides is 2. The number of hydrogen-bond acceptors (Lipinski definition) is 4. The van der Waals surface area contributed by atoms with Crippen molar-refractivity contribution in [3.8, 4) is 5.75 Å². The van der Waals surface area contributed by atoms with Gasteiger partial charge in [-0.25, -0.2) is 0 Å². The van der Waals surface area contributed by atoms with Crippen molar-refractivity contribution in [2.45, 2.75) is 46.3 Å². The van der Waals surface area contributed by atoms with Crippen LogP contribution in [0.15, 0.2) is 48.5 Å². The van der Waals surface area contributed by atoms with E-state index in [4.69, 9.17) is 17.0 Å². The van der Waals surface area contributed by atoms with E-state index in [2.05, 4.69) is 16.0 Å². The highest BCUT2D eigenvalue weighted by atomic mass is 32.1. The Bertz CT molecular complexity index is 870. The van der Waals surface area contributed by atoms with Gasteiger partial charge >= 0.3 is 0 Å². The van der Waals surface area contributed by atoms with E-state index in [1.165, 1.54) is 0 Å². The summed E-state index contributed by atoms with van der Waals surface area (Å²) < 4.78 is 5.56. The first kappa shape index (κ1) is 22.4. The van der Waals surface area contributed by atoms with Gasteiger partial charge in [-0.2, -0.15) is 0 Å². The summed E-state index contributed by atoms with van der Waals surface area (Å²) in [7, 11) is 0. The molecule has 7 heteroatoms. The lowest BCUT2D eigenvalue weighted by Gasteiger charge is -2.20. The summed E-state index contributed by atoms with van der Waals surface area (Å²) in [6.07, 6.45) is 0.0670. The smallest absolute Gasteiger partial charge is 0.257 e. The van der Waals surface area contributed by atoms with Gasteiger partial charge in [-0.15, -0.1) is 0 Å². The van der Waals surface area contributed by atoms with Gasteiger partial charge in [0.1, 0.15) is 5.75 Å². The minimum Gasteiger partial charge on any atom is -0.491 e. The molecule has 6 nitrogen and oxygen atoms in total. The number of benzene rings is 2. The van der Waals surface area contributed by atoms with Crippen LogP contribution in [-0.4, -0.2) is 28.6 Å². The first-order valence-corrected chi connectivity index (χ1v) is 9.76. The molecule has 0 aliphatic rings. The van der Waals surface area contributed by atoms with Crippen LogP contribution in [0.3, 0.4) is 0 Å². The van der Waals surface area contributed by atoms with Crippen molar-refractivity contribution >= 4 is 34.8 Å². The van der Waals surface area contributed by atoms with Crippen LogP contribution < -0.4 is 20.7 Å². The van der Waals surface area contributed by atoms with Crippen LogP contribution >= 0.6 is 12.2 Å². The molecule has 0 fully saturated rings. The topological polar surface area (TPSA) is 79.5 Å². The normalized spacial score (nSPS) is 11.0. The molecule has 154 valence electrons. The zero-order valence-electron chi connectivity index (χ0n) is 17.3. The van der Waals surface area contributed by atoms with Crippen LogP contribution in [0.1, 0.15) is 55.3 Å². The maximum absolute atomic E-state index is 12.3. The van der Waals surface area contributed by atoms with Gasteiger partial charge in [0.25, 0.3) is 11.8 Å². The highest BCUT2D eigenvalue weighted by Crippen LogP contribution is 2.14. The van der Waals surface area contributed by atoms with Gasteiger partial charge in [-0.05, 0) is 95.4 Å². The van der Waals surface area contributed by atoms with E-state index in [1.807, 2.05) is 34.6 Å². The van der Waals surface area contributed by atoms with Crippen molar-refractivity contribution in [3.63, 3.8) is 0 Å². The second kappa shape index (κ2) is 9.52. The molecular formula is C22H27N3O3S. The number of nitrogens with one attached hydrogen (secondary N) is 3.